The van der Waals surface area contributed by atoms with Gasteiger partial charge in [-0.05, 0) is 67.4 Å². The highest BCUT2D eigenvalue weighted by Crippen LogP contribution is 2.30. The summed E-state index contributed by atoms with van der Waals surface area (Å²) in [5, 5.41) is 11.3. The zero-order valence-electron chi connectivity index (χ0n) is 20.5. The number of para-hydroxylation sites is 1. The molecule has 0 unspecified atom stereocenters. The van der Waals surface area contributed by atoms with E-state index in [1.165, 1.54) is 31.6 Å². The molecule has 196 valence electrons. The zero-order valence-corrected chi connectivity index (χ0v) is 22.2. The van der Waals surface area contributed by atoms with E-state index in [1.54, 1.807) is 60.7 Å². The molecule has 0 atom stereocenters. The number of nitrogens with zero attached hydrogens (tertiary/aromatic N) is 3. The number of ether oxygens (including phenoxy) is 1. The van der Waals surface area contributed by atoms with Crippen LogP contribution >= 0.6 is 12.4 Å². The van der Waals surface area contributed by atoms with E-state index in [4.69, 9.17) is 4.74 Å². The Morgan fingerprint density at radius 3 is 2.30 bits per heavy atom. The highest BCUT2D eigenvalue weighted by molar-refractivity contribution is 7.93. The first-order valence-corrected chi connectivity index (χ1v) is 13.2. The van der Waals surface area contributed by atoms with Gasteiger partial charge in [0.15, 0.2) is 12.4 Å². The summed E-state index contributed by atoms with van der Waals surface area (Å²) in [6, 6.07) is 16.2. The van der Waals surface area contributed by atoms with Gasteiger partial charge in [0.05, 0.1) is 24.2 Å². The van der Waals surface area contributed by atoms with Crippen LogP contribution in [0.4, 0.5) is 5.69 Å². The highest BCUT2D eigenvalue weighted by atomic mass is 35.5. The summed E-state index contributed by atoms with van der Waals surface area (Å²) >= 11 is 0. The molecule has 1 fully saturated rings. The van der Waals surface area contributed by atoms with Crippen molar-refractivity contribution in [2.75, 3.05) is 31.0 Å². The van der Waals surface area contributed by atoms with Crippen molar-refractivity contribution in [1.82, 2.24) is 4.90 Å². The third-order valence-corrected chi connectivity index (χ3v) is 7.82. The van der Waals surface area contributed by atoms with E-state index < -0.39 is 15.9 Å². The number of aromatic nitrogens is 1. The first-order valence-electron chi connectivity index (χ1n) is 11.8. The third kappa shape index (κ3) is 6.88. The number of hydrogen-bond acceptors (Lipinski definition) is 6. The number of carbonyl (C=O) groups is 1. The molecule has 0 aliphatic carbocycles. The predicted molar refractivity (Wildman–Crippen MR) is 146 cm³/mol. The SMILES string of the molecule is COc1ccc(S(=O)(=O)N(C(=O)CN2CCCCC2)c2ccccc2/C=C/c2cc[n+]([O-])cc2)cc1.Cl. The van der Waals surface area contributed by atoms with Gasteiger partial charge in [-0.3, -0.25) is 9.69 Å². The number of amides is 1. The molecular formula is C27H30ClN3O5S. The number of likely N-dealkylation sites (tertiary alicyclic amines) is 1. The van der Waals surface area contributed by atoms with Crippen molar-refractivity contribution in [3.05, 3.63) is 89.4 Å². The van der Waals surface area contributed by atoms with Crippen molar-refractivity contribution in [3.8, 4) is 5.75 Å². The Morgan fingerprint density at radius 2 is 1.65 bits per heavy atom. The summed E-state index contributed by atoms with van der Waals surface area (Å²) < 4.78 is 34.5. The van der Waals surface area contributed by atoms with E-state index in [9.17, 15) is 18.4 Å². The van der Waals surface area contributed by atoms with Gasteiger partial charge in [-0.15, -0.1) is 12.4 Å². The van der Waals surface area contributed by atoms with Crippen LogP contribution in [0.1, 0.15) is 30.4 Å². The molecule has 0 saturated carbocycles. The number of sulfonamides is 1. The van der Waals surface area contributed by atoms with Crippen LogP contribution in [0.3, 0.4) is 0 Å². The van der Waals surface area contributed by atoms with E-state index in [-0.39, 0.29) is 29.5 Å². The smallest absolute Gasteiger partial charge is 0.270 e. The lowest BCUT2D eigenvalue weighted by atomic mass is 10.1. The lowest BCUT2D eigenvalue weighted by molar-refractivity contribution is -0.605. The van der Waals surface area contributed by atoms with Crippen molar-refractivity contribution < 1.29 is 22.7 Å². The second-order valence-corrected chi connectivity index (χ2v) is 10.3. The molecule has 1 aromatic heterocycles. The first-order chi connectivity index (χ1) is 17.4. The predicted octanol–water partition coefficient (Wildman–Crippen LogP) is 4.13. The van der Waals surface area contributed by atoms with Gasteiger partial charge in [-0.25, -0.2) is 12.7 Å². The Balaban J connectivity index is 0.00000380. The van der Waals surface area contributed by atoms with Crippen LogP contribution in [-0.2, 0) is 14.8 Å². The van der Waals surface area contributed by atoms with Gasteiger partial charge in [-0.2, -0.15) is 4.73 Å². The van der Waals surface area contributed by atoms with Gasteiger partial charge in [-0.1, -0.05) is 36.8 Å². The Hall–Kier alpha value is -3.40. The number of benzene rings is 2. The van der Waals surface area contributed by atoms with E-state index in [1.807, 2.05) is 4.90 Å². The normalized spacial score (nSPS) is 14.2. The summed E-state index contributed by atoms with van der Waals surface area (Å²) in [6.45, 7) is 1.53. The molecule has 2 aromatic carbocycles. The second-order valence-electron chi connectivity index (χ2n) is 8.56. The van der Waals surface area contributed by atoms with Gasteiger partial charge in [0.1, 0.15) is 5.75 Å². The average molecular weight is 544 g/mol. The largest absolute Gasteiger partial charge is 0.619 e. The molecule has 0 bridgehead atoms. The molecule has 37 heavy (non-hydrogen) atoms. The fourth-order valence-corrected chi connectivity index (χ4v) is 5.60. The van der Waals surface area contributed by atoms with Crippen LogP contribution < -0.4 is 13.8 Å². The van der Waals surface area contributed by atoms with Crippen molar-refractivity contribution >= 4 is 46.2 Å². The maximum atomic E-state index is 13.9. The van der Waals surface area contributed by atoms with Crippen LogP contribution in [0.2, 0.25) is 0 Å². The van der Waals surface area contributed by atoms with Gasteiger partial charge in [0.2, 0.25) is 0 Å². The van der Waals surface area contributed by atoms with Crippen LogP contribution in [0.15, 0.2) is 78.0 Å². The highest BCUT2D eigenvalue weighted by Gasteiger charge is 2.33. The summed E-state index contributed by atoms with van der Waals surface area (Å²) in [6.07, 6.45) is 9.35. The molecular weight excluding hydrogens is 514 g/mol. The summed E-state index contributed by atoms with van der Waals surface area (Å²) in [5.74, 6) is 0.00594. The molecule has 2 heterocycles. The Morgan fingerprint density at radius 1 is 1.00 bits per heavy atom. The van der Waals surface area contributed by atoms with E-state index in [0.29, 0.717) is 16.0 Å². The minimum Gasteiger partial charge on any atom is -0.619 e. The molecule has 0 spiro atoms. The maximum Gasteiger partial charge on any atom is 0.270 e. The molecule has 8 nitrogen and oxygen atoms in total. The molecule has 4 rings (SSSR count). The Bertz CT molecular complexity index is 1320. The lowest BCUT2D eigenvalue weighted by Gasteiger charge is -2.30. The number of piperidine rings is 1. The monoisotopic (exact) mass is 543 g/mol. The van der Waals surface area contributed by atoms with E-state index in [2.05, 4.69) is 0 Å². The molecule has 1 amide bonds. The van der Waals surface area contributed by atoms with Gasteiger partial charge >= 0.3 is 0 Å². The number of carbonyl (C=O) groups excluding carboxylic acids is 1. The van der Waals surface area contributed by atoms with Gasteiger partial charge in [0, 0.05) is 12.1 Å². The molecule has 3 aromatic rings. The fraction of sp³-hybridized carbons (Fsp3) is 0.259. The fourth-order valence-electron chi connectivity index (χ4n) is 4.16. The first kappa shape index (κ1) is 28.2. The number of hydrogen-bond donors (Lipinski definition) is 0. The second kappa shape index (κ2) is 12.7. The van der Waals surface area contributed by atoms with Crippen LogP contribution in [0.25, 0.3) is 12.2 Å². The molecule has 1 aliphatic rings. The minimum atomic E-state index is -4.22. The topological polar surface area (TPSA) is 93.9 Å². The number of halogens is 1. The van der Waals surface area contributed by atoms with Crippen LogP contribution in [0.5, 0.6) is 5.75 Å². The lowest BCUT2D eigenvalue weighted by Crippen LogP contribution is -2.45. The summed E-state index contributed by atoms with van der Waals surface area (Å²) in [7, 11) is -2.71. The molecule has 0 N–H and O–H groups in total. The summed E-state index contributed by atoms with van der Waals surface area (Å²) in [5.41, 5.74) is 1.59. The minimum absolute atomic E-state index is 0. The Labute approximate surface area is 223 Å². The van der Waals surface area contributed by atoms with Crippen molar-refractivity contribution in [3.63, 3.8) is 0 Å². The number of rotatable bonds is 8. The van der Waals surface area contributed by atoms with E-state index in [0.717, 1.165) is 42.2 Å². The van der Waals surface area contributed by atoms with Crippen molar-refractivity contribution in [2.24, 2.45) is 0 Å². The van der Waals surface area contributed by atoms with E-state index >= 15 is 0 Å². The maximum absolute atomic E-state index is 13.9. The Kier molecular flexibility index (Phi) is 9.68. The number of pyridine rings is 1. The third-order valence-electron chi connectivity index (χ3n) is 6.07. The van der Waals surface area contributed by atoms with Gasteiger partial charge in [0.25, 0.3) is 15.9 Å². The zero-order chi connectivity index (χ0) is 25.5. The molecule has 10 heteroatoms. The molecule has 1 saturated heterocycles. The summed E-state index contributed by atoms with van der Waals surface area (Å²) in [4.78, 5) is 15.6. The molecule has 1 aliphatic heterocycles. The number of anilines is 1. The van der Waals surface area contributed by atoms with Crippen molar-refractivity contribution in [1.29, 1.82) is 0 Å². The van der Waals surface area contributed by atoms with Crippen molar-refractivity contribution in [2.45, 2.75) is 24.2 Å². The standard InChI is InChI=1S/C27H29N3O5S.ClH/c1-35-24-11-13-25(14-12-24)36(33,34)30(27(31)21-28-17-5-2-6-18-28)26-8-4-3-7-23(26)10-9-22-15-19-29(32)20-16-22;/h3-4,7-16,19-20H,2,5-6,17-18,21H2,1H3;1H/b10-9+;. The molecule has 0 radical (unpaired) electrons. The van der Waals surface area contributed by atoms with Crippen LogP contribution in [0, 0.1) is 5.21 Å². The quantitative estimate of drug-likeness (QED) is 0.313. The van der Waals surface area contributed by atoms with Crippen LogP contribution in [-0.4, -0.2) is 46.0 Å². The van der Waals surface area contributed by atoms with Gasteiger partial charge < -0.3 is 9.94 Å². The average Bonchev–Trinajstić information content (AvgIpc) is 2.89. The number of methoxy groups -OCH3 is 1.